The van der Waals surface area contributed by atoms with Crippen molar-refractivity contribution in [3.05, 3.63) is 28.2 Å². The van der Waals surface area contributed by atoms with Crippen LogP contribution in [0.2, 0.25) is 0 Å². The average Bonchev–Trinajstić information content (AvgIpc) is 2.74. The molecule has 6 nitrogen and oxygen atoms in total. The number of hydrogen-bond donors (Lipinski definition) is 2. The molecule has 118 valence electrons. The predicted octanol–water partition coefficient (Wildman–Crippen LogP) is 2.59. The molecule has 0 spiro atoms. The molecule has 0 aliphatic carbocycles. The second-order valence-electron chi connectivity index (χ2n) is 4.70. The van der Waals surface area contributed by atoms with Crippen molar-refractivity contribution in [2.75, 3.05) is 6.61 Å². The Morgan fingerprint density at radius 1 is 1.41 bits per heavy atom. The number of amides is 2. The molecule has 1 aromatic rings. The second kappa shape index (κ2) is 7.64. The lowest BCUT2D eigenvalue weighted by atomic mass is 10.1. The van der Waals surface area contributed by atoms with Gasteiger partial charge in [0.05, 0.1) is 16.3 Å². The topological polar surface area (TPSA) is 92.7 Å². The third-order valence-corrected chi connectivity index (χ3v) is 4.58. The molecule has 0 saturated carbocycles. The average molecular weight is 388 g/mol. The highest BCUT2D eigenvalue weighted by Crippen LogP contribution is 2.29. The molecule has 22 heavy (non-hydrogen) atoms. The minimum atomic E-state index is -0.847. The van der Waals surface area contributed by atoms with E-state index in [1.807, 2.05) is 12.1 Å². The van der Waals surface area contributed by atoms with Gasteiger partial charge in [0.15, 0.2) is 0 Å². The highest BCUT2D eigenvalue weighted by molar-refractivity contribution is 9.10. The molecule has 1 atom stereocenters. The Kier molecular flexibility index (Phi) is 5.84. The summed E-state index contributed by atoms with van der Waals surface area (Å²) in [5, 5.41) is 10.1. The first kappa shape index (κ1) is 16.8. The number of thioether (sulfide) groups is 1. The lowest BCUT2D eigenvalue weighted by molar-refractivity contribution is -0.137. The molecule has 1 fully saturated rings. The van der Waals surface area contributed by atoms with Crippen LogP contribution in [0.4, 0.5) is 4.79 Å². The van der Waals surface area contributed by atoms with Gasteiger partial charge in [-0.3, -0.25) is 19.7 Å². The van der Waals surface area contributed by atoms with Crippen molar-refractivity contribution in [3.8, 4) is 5.75 Å². The van der Waals surface area contributed by atoms with Crippen molar-refractivity contribution in [1.29, 1.82) is 0 Å². The predicted molar refractivity (Wildman–Crippen MR) is 85.1 cm³/mol. The number of carboxylic acids is 1. The zero-order valence-electron chi connectivity index (χ0n) is 11.5. The van der Waals surface area contributed by atoms with Crippen molar-refractivity contribution in [2.24, 2.45) is 0 Å². The Morgan fingerprint density at radius 3 is 2.77 bits per heavy atom. The summed E-state index contributed by atoms with van der Waals surface area (Å²) in [6, 6.07) is 5.43. The van der Waals surface area contributed by atoms with Crippen LogP contribution in [0.5, 0.6) is 5.75 Å². The Morgan fingerprint density at radius 2 is 2.18 bits per heavy atom. The van der Waals surface area contributed by atoms with Crippen molar-refractivity contribution >= 4 is 44.8 Å². The number of carboxylic acid groups (broad SMARTS) is 1. The second-order valence-corrected chi connectivity index (χ2v) is 6.73. The van der Waals surface area contributed by atoms with E-state index in [-0.39, 0.29) is 17.6 Å². The summed E-state index contributed by atoms with van der Waals surface area (Å²) in [5.74, 6) is -0.492. The monoisotopic (exact) mass is 387 g/mol. The van der Waals surface area contributed by atoms with E-state index < -0.39 is 11.2 Å². The smallest absolute Gasteiger partial charge is 0.303 e. The van der Waals surface area contributed by atoms with Crippen LogP contribution in [0.1, 0.15) is 18.4 Å². The molecular formula is C14H14BrNO5S. The molecule has 1 unspecified atom stereocenters. The molecule has 0 bridgehead atoms. The minimum Gasteiger partial charge on any atom is -0.492 e. The van der Waals surface area contributed by atoms with Gasteiger partial charge in [0, 0.05) is 6.42 Å². The normalized spacial score (nSPS) is 17.4. The number of imide groups is 1. The SMILES string of the molecule is O=C(O)CCCOc1ccc(CC2SC(=O)NC2=O)cc1Br. The van der Waals surface area contributed by atoms with E-state index in [1.165, 1.54) is 0 Å². The molecular weight excluding hydrogens is 374 g/mol. The van der Waals surface area contributed by atoms with Gasteiger partial charge in [-0.2, -0.15) is 0 Å². The van der Waals surface area contributed by atoms with E-state index in [0.717, 1.165) is 21.8 Å². The number of carbonyl (C=O) groups excluding carboxylic acids is 2. The first-order chi connectivity index (χ1) is 10.5. The van der Waals surface area contributed by atoms with Crippen LogP contribution in [0.15, 0.2) is 22.7 Å². The van der Waals surface area contributed by atoms with Crippen LogP contribution in [-0.4, -0.2) is 34.1 Å². The number of benzene rings is 1. The van der Waals surface area contributed by atoms with Crippen LogP contribution >= 0.6 is 27.7 Å². The van der Waals surface area contributed by atoms with Gasteiger partial charge in [-0.25, -0.2) is 0 Å². The number of aliphatic carboxylic acids is 1. The van der Waals surface area contributed by atoms with Crippen LogP contribution in [0.3, 0.4) is 0 Å². The standard InChI is InChI=1S/C14H14BrNO5S/c15-9-6-8(7-11-13(19)16-14(20)22-11)3-4-10(9)21-5-1-2-12(17)18/h3-4,6,11H,1-2,5,7H2,(H,17,18)(H,16,19,20). The molecule has 2 amide bonds. The maximum absolute atomic E-state index is 11.5. The summed E-state index contributed by atoms with van der Waals surface area (Å²) in [5.41, 5.74) is 0.909. The fraction of sp³-hybridized carbons (Fsp3) is 0.357. The fourth-order valence-corrected chi connectivity index (χ4v) is 3.34. The van der Waals surface area contributed by atoms with Crippen molar-refractivity contribution in [2.45, 2.75) is 24.5 Å². The first-order valence-corrected chi connectivity index (χ1v) is 8.27. The van der Waals surface area contributed by atoms with Crippen LogP contribution in [-0.2, 0) is 16.0 Å². The molecule has 1 aromatic carbocycles. The molecule has 0 aromatic heterocycles. The number of carbonyl (C=O) groups is 3. The van der Waals surface area contributed by atoms with Gasteiger partial charge in [-0.05, 0) is 46.5 Å². The quantitative estimate of drug-likeness (QED) is 0.698. The molecule has 1 aliphatic rings. The molecule has 2 rings (SSSR count). The number of hydrogen-bond acceptors (Lipinski definition) is 5. The van der Waals surface area contributed by atoms with Gasteiger partial charge in [0.2, 0.25) is 5.91 Å². The summed E-state index contributed by atoms with van der Waals surface area (Å²) < 4.78 is 6.23. The van der Waals surface area contributed by atoms with Crippen LogP contribution < -0.4 is 10.1 Å². The van der Waals surface area contributed by atoms with Crippen molar-refractivity contribution in [3.63, 3.8) is 0 Å². The number of rotatable bonds is 7. The lowest BCUT2D eigenvalue weighted by Crippen LogP contribution is -2.25. The summed E-state index contributed by atoms with van der Waals surface area (Å²) in [6.45, 7) is 0.319. The van der Waals surface area contributed by atoms with Gasteiger partial charge in [-0.15, -0.1) is 0 Å². The van der Waals surface area contributed by atoms with E-state index in [2.05, 4.69) is 21.2 Å². The van der Waals surface area contributed by atoms with E-state index in [4.69, 9.17) is 9.84 Å². The summed E-state index contributed by atoms with van der Waals surface area (Å²) in [4.78, 5) is 33.1. The Bertz CT molecular complexity index is 607. The molecule has 0 radical (unpaired) electrons. The van der Waals surface area contributed by atoms with Gasteiger partial charge >= 0.3 is 5.97 Å². The highest BCUT2D eigenvalue weighted by Gasteiger charge is 2.31. The van der Waals surface area contributed by atoms with Crippen LogP contribution in [0.25, 0.3) is 0 Å². The van der Waals surface area contributed by atoms with Crippen molar-refractivity contribution < 1.29 is 24.2 Å². The Balaban J connectivity index is 1.90. The molecule has 1 saturated heterocycles. The number of ether oxygens (including phenoxy) is 1. The molecule has 2 N–H and O–H groups in total. The fourth-order valence-electron chi connectivity index (χ4n) is 1.94. The third kappa shape index (κ3) is 4.74. The largest absolute Gasteiger partial charge is 0.492 e. The molecule has 8 heteroatoms. The summed E-state index contributed by atoms with van der Waals surface area (Å²) in [6.07, 6.45) is 0.961. The third-order valence-electron chi connectivity index (χ3n) is 2.98. The number of nitrogens with one attached hydrogen (secondary N) is 1. The summed E-state index contributed by atoms with van der Waals surface area (Å²) >= 11 is 4.39. The van der Waals surface area contributed by atoms with Gasteiger partial charge in [-0.1, -0.05) is 17.8 Å². The summed E-state index contributed by atoms with van der Waals surface area (Å²) in [7, 11) is 0. The minimum absolute atomic E-state index is 0.0672. The van der Waals surface area contributed by atoms with Crippen molar-refractivity contribution in [1.82, 2.24) is 5.32 Å². The maximum Gasteiger partial charge on any atom is 0.303 e. The van der Waals surface area contributed by atoms with Gasteiger partial charge < -0.3 is 9.84 Å². The Hall–Kier alpha value is -1.54. The molecule has 1 aliphatic heterocycles. The maximum atomic E-state index is 11.5. The first-order valence-electron chi connectivity index (χ1n) is 6.60. The van der Waals surface area contributed by atoms with E-state index in [1.54, 1.807) is 6.07 Å². The van der Waals surface area contributed by atoms with Crippen LogP contribution in [0, 0.1) is 0 Å². The zero-order valence-corrected chi connectivity index (χ0v) is 13.9. The van der Waals surface area contributed by atoms with Gasteiger partial charge in [0.1, 0.15) is 5.75 Å². The Labute approximate surface area is 139 Å². The number of halogens is 1. The zero-order chi connectivity index (χ0) is 16.1. The van der Waals surface area contributed by atoms with E-state index in [9.17, 15) is 14.4 Å². The van der Waals surface area contributed by atoms with E-state index >= 15 is 0 Å². The van der Waals surface area contributed by atoms with E-state index in [0.29, 0.717) is 25.2 Å². The van der Waals surface area contributed by atoms with Gasteiger partial charge in [0.25, 0.3) is 5.24 Å². The lowest BCUT2D eigenvalue weighted by Gasteiger charge is -2.10. The molecule has 1 heterocycles. The highest BCUT2D eigenvalue weighted by atomic mass is 79.9.